The van der Waals surface area contributed by atoms with Crippen molar-refractivity contribution in [1.82, 2.24) is 4.98 Å². The number of anilines is 2. The summed E-state index contributed by atoms with van der Waals surface area (Å²) < 4.78 is 1.29. The molecule has 3 aromatic rings. The zero-order valence-corrected chi connectivity index (χ0v) is 15.8. The molecule has 6 nitrogen and oxygen atoms in total. The molecule has 0 atom stereocenters. The van der Waals surface area contributed by atoms with Gasteiger partial charge in [-0.25, -0.2) is 4.98 Å². The van der Waals surface area contributed by atoms with Crippen molar-refractivity contribution in [2.24, 2.45) is 0 Å². The van der Waals surface area contributed by atoms with E-state index in [1.807, 2.05) is 6.92 Å². The fourth-order valence-corrected chi connectivity index (χ4v) is 3.81. The van der Waals surface area contributed by atoms with Gasteiger partial charge >= 0.3 is 0 Å². The van der Waals surface area contributed by atoms with Gasteiger partial charge in [0.1, 0.15) is 5.75 Å². The number of fused-ring (bicyclic) bond motifs is 1. The highest BCUT2D eigenvalue weighted by atomic mass is 79.9. The number of phenols is 1. The molecule has 0 bridgehead atoms. The number of benzene rings is 2. The lowest BCUT2D eigenvalue weighted by atomic mass is 10.1. The predicted octanol–water partition coefficient (Wildman–Crippen LogP) is 4.28. The number of halogens is 1. The van der Waals surface area contributed by atoms with Gasteiger partial charge in [0.05, 0.1) is 20.3 Å². The standard InChI is InChI=1S/C17H14BrN3O3S/c1-8-5-11(15(23)12(18)6-8)16(24)21-17-20-13-4-3-10(19-9(2)22)7-14(13)25-17/h3-7,23H,1-2H3,(H,19,22)(H,20,21,24). The highest BCUT2D eigenvalue weighted by Gasteiger charge is 2.16. The Labute approximate surface area is 156 Å². The van der Waals surface area contributed by atoms with E-state index in [1.54, 1.807) is 30.3 Å². The van der Waals surface area contributed by atoms with Gasteiger partial charge in [-0.1, -0.05) is 11.3 Å². The number of nitrogens with zero attached hydrogens (tertiary/aromatic N) is 1. The number of nitrogens with one attached hydrogen (secondary N) is 2. The largest absolute Gasteiger partial charge is 0.506 e. The Kier molecular flexibility index (Phi) is 4.73. The number of thiazole rings is 1. The average molecular weight is 420 g/mol. The van der Waals surface area contributed by atoms with Gasteiger partial charge in [0.15, 0.2) is 5.13 Å². The monoisotopic (exact) mass is 419 g/mol. The number of aromatic nitrogens is 1. The number of carbonyl (C=O) groups excluding carboxylic acids is 2. The fraction of sp³-hybridized carbons (Fsp3) is 0.118. The van der Waals surface area contributed by atoms with Crippen LogP contribution in [0, 0.1) is 6.92 Å². The van der Waals surface area contributed by atoms with Gasteiger partial charge in [-0.15, -0.1) is 0 Å². The minimum absolute atomic E-state index is 0.114. The molecule has 25 heavy (non-hydrogen) atoms. The molecule has 2 aromatic carbocycles. The van der Waals surface area contributed by atoms with Crippen molar-refractivity contribution < 1.29 is 14.7 Å². The van der Waals surface area contributed by atoms with Crippen LogP contribution in [0.5, 0.6) is 5.75 Å². The van der Waals surface area contributed by atoms with Crippen molar-refractivity contribution in [2.75, 3.05) is 10.6 Å². The first-order valence-electron chi connectivity index (χ1n) is 7.32. The second kappa shape index (κ2) is 6.81. The normalized spacial score (nSPS) is 10.7. The van der Waals surface area contributed by atoms with E-state index in [4.69, 9.17) is 0 Å². The average Bonchev–Trinajstić information content (AvgIpc) is 2.91. The van der Waals surface area contributed by atoms with Crippen LogP contribution in [0.15, 0.2) is 34.8 Å². The van der Waals surface area contributed by atoms with Crippen LogP contribution in [0.4, 0.5) is 10.8 Å². The number of hydrogen-bond donors (Lipinski definition) is 3. The fourth-order valence-electron chi connectivity index (χ4n) is 2.33. The van der Waals surface area contributed by atoms with Crippen molar-refractivity contribution in [3.63, 3.8) is 0 Å². The van der Waals surface area contributed by atoms with Crippen LogP contribution in [-0.2, 0) is 4.79 Å². The topological polar surface area (TPSA) is 91.3 Å². The van der Waals surface area contributed by atoms with Crippen LogP contribution in [0.2, 0.25) is 0 Å². The number of phenolic OH excluding ortho intramolecular Hbond substituents is 1. The number of rotatable bonds is 3. The van der Waals surface area contributed by atoms with E-state index in [0.717, 1.165) is 10.3 Å². The molecule has 0 aliphatic heterocycles. The van der Waals surface area contributed by atoms with Gasteiger partial charge in [-0.3, -0.25) is 14.9 Å². The number of aryl methyl sites for hydroxylation is 1. The summed E-state index contributed by atoms with van der Waals surface area (Å²) in [6, 6.07) is 8.65. The molecule has 128 valence electrons. The maximum Gasteiger partial charge on any atom is 0.261 e. The first-order valence-corrected chi connectivity index (χ1v) is 8.93. The molecule has 8 heteroatoms. The van der Waals surface area contributed by atoms with Gasteiger partial charge in [0.2, 0.25) is 5.91 Å². The Morgan fingerprint density at radius 2 is 1.96 bits per heavy atom. The van der Waals surface area contributed by atoms with E-state index >= 15 is 0 Å². The molecular formula is C17H14BrN3O3S. The SMILES string of the molecule is CC(=O)Nc1ccc2nc(NC(=O)c3cc(C)cc(Br)c3O)sc2c1. The molecule has 2 amide bonds. The molecular weight excluding hydrogens is 406 g/mol. The van der Waals surface area contributed by atoms with Crippen molar-refractivity contribution in [3.8, 4) is 5.75 Å². The summed E-state index contributed by atoms with van der Waals surface area (Å²) in [5, 5.41) is 15.9. The van der Waals surface area contributed by atoms with E-state index in [9.17, 15) is 14.7 Å². The molecule has 0 saturated carbocycles. The quantitative estimate of drug-likeness (QED) is 0.590. The third-order valence-electron chi connectivity index (χ3n) is 3.38. The van der Waals surface area contributed by atoms with Crippen LogP contribution in [-0.4, -0.2) is 21.9 Å². The molecule has 3 N–H and O–H groups in total. The molecule has 1 heterocycles. The molecule has 0 unspecified atom stereocenters. The molecule has 3 rings (SSSR count). The van der Waals surface area contributed by atoms with Crippen LogP contribution in [0.25, 0.3) is 10.2 Å². The van der Waals surface area contributed by atoms with Gasteiger partial charge in [-0.05, 0) is 58.7 Å². The van der Waals surface area contributed by atoms with E-state index in [2.05, 4.69) is 31.5 Å². The summed E-state index contributed by atoms with van der Waals surface area (Å²) in [4.78, 5) is 27.9. The van der Waals surface area contributed by atoms with Crippen LogP contribution >= 0.6 is 27.3 Å². The third kappa shape index (κ3) is 3.80. The molecule has 0 spiro atoms. The van der Waals surface area contributed by atoms with Crippen molar-refractivity contribution in [3.05, 3.63) is 45.9 Å². The van der Waals surface area contributed by atoms with Crippen LogP contribution < -0.4 is 10.6 Å². The van der Waals surface area contributed by atoms with E-state index < -0.39 is 5.91 Å². The second-order valence-electron chi connectivity index (χ2n) is 5.48. The Balaban J connectivity index is 1.88. The van der Waals surface area contributed by atoms with Crippen molar-refractivity contribution in [1.29, 1.82) is 0 Å². The summed E-state index contributed by atoms with van der Waals surface area (Å²) in [5.41, 5.74) is 2.40. The molecule has 0 radical (unpaired) electrons. The van der Waals surface area contributed by atoms with Crippen molar-refractivity contribution >= 4 is 60.1 Å². The maximum atomic E-state index is 12.4. The smallest absolute Gasteiger partial charge is 0.261 e. The molecule has 0 fully saturated rings. The zero-order chi connectivity index (χ0) is 18.1. The van der Waals surface area contributed by atoms with Gasteiger partial charge < -0.3 is 10.4 Å². The maximum absolute atomic E-state index is 12.4. The van der Waals surface area contributed by atoms with Gasteiger partial charge in [-0.2, -0.15) is 0 Å². The molecule has 0 saturated heterocycles. The molecule has 1 aromatic heterocycles. The van der Waals surface area contributed by atoms with Gasteiger partial charge in [0, 0.05) is 12.6 Å². The number of amides is 2. The highest BCUT2D eigenvalue weighted by molar-refractivity contribution is 9.10. The van der Waals surface area contributed by atoms with Crippen LogP contribution in [0.1, 0.15) is 22.8 Å². The summed E-state index contributed by atoms with van der Waals surface area (Å²) >= 11 is 4.52. The third-order valence-corrected chi connectivity index (χ3v) is 4.92. The number of aromatic hydroxyl groups is 1. The van der Waals surface area contributed by atoms with E-state index in [1.165, 1.54) is 18.3 Å². The lowest BCUT2D eigenvalue weighted by molar-refractivity contribution is -0.114. The Hall–Kier alpha value is -2.45. The Morgan fingerprint density at radius 3 is 2.68 bits per heavy atom. The lowest BCUT2D eigenvalue weighted by Crippen LogP contribution is -2.12. The summed E-state index contributed by atoms with van der Waals surface area (Å²) in [5.74, 6) is -0.710. The number of hydrogen-bond acceptors (Lipinski definition) is 5. The first kappa shape index (κ1) is 17.4. The zero-order valence-electron chi connectivity index (χ0n) is 13.4. The first-order chi connectivity index (χ1) is 11.8. The van der Waals surface area contributed by atoms with Gasteiger partial charge in [0.25, 0.3) is 5.91 Å². The number of carbonyl (C=O) groups is 2. The Morgan fingerprint density at radius 1 is 1.20 bits per heavy atom. The summed E-state index contributed by atoms with van der Waals surface area (Å²) in [6.07, 6.45) is 0. The highest BCUT2D eigenvalue weighted by Crippen LogP contribution is 2.32. The molecule has 0 aliphatic carbocycles. The van der Waals surface area contributed by atoms with E-state index in [0.29, 0.717) is 20.8 Å². The predicted molar refractivity (Wildman–Crippen MR) is 102 cm³/mol. The van der Waals surface area contributed by atoms with E-state index in [-0.39, 0.29) is 17.2 Å². The second-order valence-corrected chi connectivity index (χ2v) is 7.36. The lowest BCUT2D eigenvalue weighted by Gasteiger charge is -2.07. The summed E-state index contributed by atoms with van der Waals surface area (Å²) in [6.45, 7) is 3.27. The Bertz CT molecular complexity index is 1000. The van der Waals surface area contributed by atoms with Crippen molar-refractivity contribution in [2.45, 2.75) is 13.8 Å². The molecule has 0 aliphatic rings. The minimum atomic E-state index is -0.442. The summed E-state index contributed by atoms with van der Waals surface area (Å²) in [7, 11) is 0. The van der Waals surface area contributed by atoms with Crippen LogP contribution in [0.3, 0.4) is 0 Å². The minimum Gasteiger partial charge on any atom is -0.506 e.